The Morgan fingerprint density at radius 1 is 1.33 bits per heavy atom. The molecule has 1 aromatic carbocycles. The molecule has 0 radical (unpaired) electrons. The van der Waals surface area contributed by atoms with Crippen LogP contribution < -0.4 is 0 Å². The Labute approximate surface area is 107 Å². The molecule has 0 saturated heterocycles. The molecule has 0 unspecified atom stereocenters. The highest BCUT2D eigenvalue weighted by Gasteiger charge is 2.23. The second kappa shape index (κ2) is 5.10. The number of rotatable bonds is 4. The lowest BCUT2D eigenvalue weighted by molar-refractivity contribution is -0.137. The van der Waals surface area contributed by atoms with Crippen molar-refractivity contribution in [3.05, 3.63) is 29.3 Å². The molecule has 1 aromatic rings. The number of carbonyl (C=O) groups is 1. The Morgan fingerprint density at radius 2 is 2.11 bits per heavy atom. The molecule has 0 amide bonds. The number of hydrogen-bond acceptors (Lipinski definition) is 3. The first-order chi connectivity index (χ1) is 8.49. The van der Waals surface area contributed by atoms with Gasteiger partial charge in [0.15, 0.2) is 9.84 Å². The van der Waals surface area contributed by atoms with Crippen LogP contribution in [0.2, 0.25) is 0 Å². The van der Waals surface area contributed by atoms with Gasteiger partial charge >= 0.3 is 5.97 Å². The molecule has 0 spiro atoms. The summed E-state index contributed by atoms with van der Waals surface area (Å²) in [5.74, 6) is -0.561. The highest BCUT2D eigenvalue weighted by atomic mass is 32.2. The molecule has 0 bridgehead atoms. The second-order valence-corrected chi connectivity index (χ2v) is 6.69. The molecule has 18 heavy (non-hydrogen) atoms. The van der Waals surface area contributed by atoms with E-state index in [0.29, 0.717) is 24.2 Å². The van der Waals surface area contributed by atoms with Gasteiger partial charge in [0.1, 0.15) is 0 Å². The van der Waals surface area contributed by atoms with Crippen molar-refractivity contribution >= 4 is 15.8 Å². The van der Waals surface area contributed by atoms with E-state index in [1.807, 2.05) is 6.07 Å². The summed E-state index contributed by atoms with van der Waals surface area (Å²) >= 11 is 0. The van der Waals surface area contributed by atoms with E-state index in [1.165, 1.54) is 0 Å². The van der Waals surface area contributed by atoms with E-state index in [-0.39, 0.29) is 12.2 Å². The molecule has 4 nitrogen and oxygen atoms in total. The van der Waals surface area contributed by atoms with Gasteiger partial charge < -0.3 is 5.11 Å². The van der Waals surface area contributed by atoms with E-state index in [9.17, 15) is 13.2 Å². The van der Waals surface area contributed by atoms with Gasteiger partial charge in [0.2, 0.25) is 0 Å². The van der Waals surface area contributed by atoms with Gasteiger partial charge in [-0.05, 0) is 42.9 Å². The fourth-order valence-corrected chi connectivity index (χ4v) is 3.87. The molecule has 1 N–H and O–H groups in total. The van der Waals surface area contributed by atoms with Crippen LogP contribution in [0, 0.1) is 0 Å². The minimum absolute atomic E-state index is 0.148. The summed E-state index contributed by atoms with van der Waals surface area (Å²) in [5, 5.41) is 8.57. The number of carboxylic acids is 1. The van der Waals surface area contributed by atoms with Crippen molar-refractivity contribution in [2.45, 2.75) is 37.0 Å². The van der Waals surface area contributed by atoms with Gasteiger partial charge in [-0.2, -0.15) is 0 Å². The molecule has 1 aliphatic rings. The van der Waals surface area contributed by atoms with Crippen LogP contribution >= 0.6 is 0 Å². The van der Waals surface area contributed by atoms with Crippen molar-refractivity contribution in [1.29, 1.82) is 0 Å². The fraction of sp³-hybridized carbons (Fsp3) is 0.462. The predicted molar refractivity (Wildman–Crippen MR) is 67.4 cm³/mol. The maximum Gasteiger partial charge on any atom is 0.303 e. The maximum absolute atomic E-state index is 11.8. The Kier molecular flexibility index (Phi) is 3.71. The third-order valence-electron chi connectivity index (χ3n) is 3.18. The van der Waals surface area contributed by atoms with E-state index in [4.69, 9.17) is 5.11 Å². The first kappa shape index (κ1) is 13.1. The Morgan fingerprint density at radius 3 is 2.83 bits per heavy atom. The SMILES string of the molecule is O=C(O)CCCc1ccc2c(c1)CCCS2(=O)=O. The van der Waals surface area contributed by atoms with Crippen LogP contribution in [-0.2, 0) is 27.5 Å². The molecule has 5 heteroatoms. The second-order valence-electron chi connectivity index (χ2n) is 4.61. The van der Waals surface area contributed by atoms with Crippen LogP contribution in [0.15, 0.2) is 23.1 Å². The number of sulfone groups is 1. The minimum Gasteiger partial charge on any atom is -0.481 e. The molecular formula is C13H16O4S. The van der Waals surface area contributed by atoms with Crippen molar-refractivity contribution < 1.29 is 18.3 Å². The molecule has 1 aliphatic heterocycles. The largest absolute Gasteiger partial charge is 0.481 e. The number of aliphatic carboxylic acids is 1. The molecule has 0 aromatic heterocycles. The smallest absolute Gasteiger partial charge is 0.303 e. The standard InChI is InChI=1S/C13H16O4S/c14-13(15)5-1-3-10-6-7-12-11(9-10)4-2-8-18(12,16)17/h6-7,9H,1-5,8H2,(H,14,15). The van der Waals surface area contributed by atoms with E-state index in [1.54, 1.807) is 12.1 Å². The summed E-state index contributed by atoms with van der Waals surface area (Å²) in [6, 6.07) is 5.37. The highest BCUT2D eigenvalue weighted by molar-refractivity contribution is 7.91. The quantitative estimate of drug-likeness (QED) is 0.904. The van der Waals surface area contributed by atoms with Gasteiger partial charge in [-0.15, -0.1) is 0 Å². The van der Waals surface area contributed by atoms with Gasteiger partial charge in [0.25, 0.3) is 0 Å². The fourth-order valence-electron chi connectivity index (χ4n) is 2.29. The molecule has 0 fully saturated rings. The summed E-state index contributed by atoms with van der Waals surface area (Å²) < 4.78 is 23.6. The van der Waals surface area contributed by atoms with E-state index in [2.05, 4.69) is 0 Å². The van der Waals surface area contributed by atoms with Crippen LogP contribution in [0.1, 0.15) is 30.4 Å². The zero-order valence-corrected chi connectivity index (χ0v) is 10.9. The van der Waals surface area contributed by atoms with Crippen molar-refractivity contribution in [2.24, 2.45) is 0 Å². The molecule has 0 saturated carbocycles. The maximum atomic E-state index is 11.8. The number of carboxylic acid groups (broad SMARTS) is 1. The first-order valence-electron chi connectivity index (χ1n) is 6.05. The molecule has 98 valence electrons. The molecular weight excluding hydrogens is 252 g/mol. The topological polar surface area (TPSA) is 71.4 Å². The Bertz CT molecular complexity index is 560. The summed E-state index contributed by atoms with van der Waals surface area (Å²) in [4.78, 5) is 10.9. The predicted octanol–water partition coefficient (Wildman–Crippen LogP) is 1.81. The van der Waals surface area contributed by atoms with Crippen LogP contribution in [0.5, 0.6) is 0 Å². The van der Waals surface area contributed by atoms with E-state index < -0.39 is 15.8 Å². The third kappa shape index (κ3) is 2.90. The summed E-state index contributed by atoms with van der Waals surface area (Å²) in [6.45, 7) is 0. The van der Waals surface area contributed by atoms with Gasteiger partial charge in [0, 0.05) is 6.42 Å². The van der Waals surface area contributed by atoms with Crippen molar-refractivity contribution in [2.75, 3.05) is 5.75 Å². The lowest BCUT2D eigenvalue weighted by Gasteiger charge is -2.17. The average Bonchev–Trinajstić information content (AvgIpc) is 2.27. The van der Waals surface area contributed by atoms with E-state index >= 15 is 0 Å². The number of fused-ring (bicyclic) bond motifs is 1. The zero-order valence-electron chi connectivity index (χ0n) is 10.1. The number of hydrogen-bond donors (Lipinski definition) is 1. The van der Waals surface area contributed by atoms with Gasteiger partial charge in [-0.25, -0.2) is 8.42 Å². The molecule has 2 rings (SSSR count). The zero-order chi connectivity index (χ0) is 13.2. The van der Waals surface area contributed by atoms with Crippen LogP contribution in [0.3, 0.4) is 0 Å². The highest BCUT2D eigenvalue weighted by Crippen LogP contribution is 2.26. The van der Waals surface area contributed by atoms with Crippen LogP contribution in [-0.4, -0.2) is 25.2 Å². The summed E-state index contributed by atoms with van der Waals surface area (Å²) in [5.41, 5.74) is 1.90. The lowest BCUT2D eigenvalue weighted by Crippen LogP contribution is -2.16. The number of benzene rings is 1. The van der Waals surface area contributed by atoms with Crippen LogP contribution in [0.25, 0.3) is 0 Å². The number of aryl methyl sites for hydroxylation is 2. The summed E-state index contributed by atoms with van der Waals surface area (Å²) in [7, 11) is -3.09. The van der Waals surface area contributed by atoms with Crippen molar-refractivity contribution in [1.82, 2.24) is 0 Å². The lowest BCUT2D eigenvalue weighted by atomic mass is 10.0. The first-order valence-corrected chi connectivity index (χ1v) is 7.70. The van der Waals surface area contributed by atoms with E-state index in [0.717, 1.165) is 17.5 Å². The monoisotopic (exact) mass is 268 g/mol. The average molecular weight is 268 g/mol. The van der Waals surface area contributed by atoms with Gasteiger partial charge in [0.05, 0.1) is 10.6 Å². The molecule has 0 aliphatic carbocycles. The summed E-state index contributed by atoms with van der Waals surface area (Å²) in [6.07, 6.45) is 2.88. The normalized spacial score (nSPS) is 17.1. The third-order valence-corrected chi connectivity index (χ3v) is 5.07. The van der Waals surface area contributed by atoms with Gasteiger partial charge in [-0.1, -0.05) is 12.1 Å². The molecule has 0 atom stereocenters. The molecule has 1 heterocycles. The van der Waals surface area contributed by atoms with Crippen LogP contribution in [0.4, 0.5) is 0 Å². The van der Waals surface area contributed by atoms with Gasteiger partial charge in [-0.3, -0.25) is 4.79 Å². The Hall–Kier alpha value is -1.36. The Balaban J connectivity index is 2.15. The minimum atomic E-state index is -3.09. The van der Waals surface area contributed by atoms with Crippen molar-refractivity contribution in [3.63, 3.8) is 0 Å². The van der Waals surface area contributed by atoms with Crippen molar-refractivity contribution in [3.8, 4) is 0 Å².